The standard InChI is InChI=1S/C18H18Cl2N2O2/c1-2-6-14(12-7-4-3-5-8-12)17(23)21-22-18(24)15-11-13(19)9-10-16(15)20/h3-5,7-11,14H,2,6H2,1H3,(H,21,23)(H,22,24)/t14-/m1/s1. The highest BCUT2D eigenvalue weighted by Crippen LogP contribution is 2.22. The number of hydrogen-bond donors (Lipinski definition) is 2. The summed E-state index contributed by atoms with van der Waals surface area (Å²) < 4.78 is 0. The number of rotatable bonds is 5. The minimum Gasteiger partial charge on any atom is -0.273 e. The lowest BCUT2D eigenvalue weighted by atomic mass is 9.94. The number of benzene rings is 2. The third kappa shape index (κ3) is 4.73. The molecule has 2 N–H and O–H groups in total. The second-order valence-electron chi connectivity index (χ2n) is 5.32. The molecule has 1 atom stereocenters. The Morgan fingerprint density at radius 3 is 2.42 bits per heavy atom. The fourth-order valence-corrected chi connectivity index (χ4v) is 2.74. The lowest BCUT2D eigenvalue weighted by Crippen LogP contribution is -2.44. The van der Waals surface area contributed by atoms with Crippen LogP contribution < -0.4 is 10.9 Å². The first-order chi connectivity index (χ1) is 11.5. The average molecular weight is 365 g/mol. The topological polar surface area (TPSA) is 58.2 Å². The van der Waals surface area contributed by atoms with E-state index >= 15 is 0 Å². The molecule has 2 amide bonds. The predicted molar refractivity (Wildman–Crippen MR) is 96.2 cm³/mol. The van der Waals surface area contributed by atoms with Gasteiger partial charge in [-0.2, -0.15) is 0 Å². The molecule has 0 aliphatic heterocycles. The highest BCUT2D eigenvalue weighted by atomic mass is 35.5. The molecule has 0 fully saturated rings. The van der Waals surface area contributed by atoms with Crippen LogP contribution in [0.5, 0.6) is 0 Å². The quantitative estimate of drug-likeness (QED) is 0.775. The summed E-state index contributed by atoms with van der Waals surface area (Å²) in [6.07, 6.45) is 1.53. The van der Waals surface area contributed by atoms with E-state index in [2.05, 4.69) is 10.9 Å². The summed E-state index contributed by atoms with van der Waals surface area (Å²) in [6, 6.07) is 14.0. The number of amides is 2. The SMILES string of the molecule is CCC[C@@H](C(=O)NNC(=O)c1cc(Cl)ccc1Cl)c1ccccc1. The van der Waals surface area contributed by atoms with Crippen molar-refractivity contribution in [1.29, 1.82) is 0 Å². The van der Waals surface area contributed by atoms with Crippen molar-refractivity contribution in [2.24, 2.45) is 0 Å². The van der Waals surface area contributed by atoms with Crippen molar-refractivity contribution in [2.45, 2.75) is 25.7 Å². The molecule has 2 rings (SSSR count). The third-order valence-electron chi connectivity index (χ3n) is 3.57. The second kappa shape index (κ2) is 8.71. The largest absolute Gasteiger partial charge is 0.273 e. The molecule has 2 aromatic rings. The molecule has 2 aromatic carbocycles. The zero-order chi connectivity index (χ0) is 17.5. The Morgan fingerprint density at radius 1 is 1.04 bits per heavy atom. The van der Waals surface area contributed by atoms with Gasteiger partial charge in [-0.1, -0.05) is 66.9 Å². The average Bonchev–Trinajstić information content (AvgIpc) is 2.60. The molecule has 0 aliphatic rings. The maximum absolute atomic E-state index is 12.4. The van der Waals surface area contributed by atoms with Crippen molar-refractivity contribution in [1.82, 2.24) is 10.9 Å². The molecule has 0 saturated carbocycles. The number of nitrogens with one attached hydrogen (secondary N) is 2. The van der Waals surface area contributed by atoms with Crippen molar-refractivity contribution >= 4 is 35.0 Å². The highest BCUT2D eigenvalue weighted by molar-refractivity contribution is 6.35. The lowest BCUT2D eigenvalue weighted by molar-refractivity contribution is -0.123. The van der Waals surface area contributed by atoms with E-state index in [0.717, 1.165) is 12.0 Å². The molecule has 4 nitrogen and oxygen atoms in total. The van der Waals surface area contributed by atoms with Gasteiger partial charge in [-0.05, 0) is 30.2 Å². The van der Waals surface area contributed by atoms with Gasteiger partial charge >= 0.3 is 0 Å². The predicted octanol–water partition coefficient (Wildman–Crippen LogP) is 4.34. The van der Waals surface area contributed by atoms with Gasteiger partial charge in [-0.15, -0.1) is 0 Å². The van der Waals surface area contributed by atoms with E-state index in [9.17, 15) is 9.59 Å². The molecule has 0 bridgehead atoms. The number of hydrogen-bond acceptors (Lipinski definition) is 2. The molecule has 24 heavy (non-hydrogen) atoms. The number of hydrazine groups is 1. The van der Waals surface area contributed by atoms with Crippen LogP contribution in [0, 0.1) is 0 Å². The minimum atomic E-state index is -0.515. The van der Waals surface area contributed by atoms with Crippen LogP contribution in [0.3, 0.4) is 0 Å². The zero-order valence-electron chi connectivity index (χ0n) is 13.2. The summed E-state index contributed by atoms with van der Waals surface area (Å²) in [5, 5.41) is 0.656. The molecule has 0 unspecified atom stereocenters. The summed E-state index contributed by atoms with van der Waals surface area (Å²) in [5.41, 5.74) is 5.98. The van der Waals surface area contributed by atoms with Crippen molar-refractivity contribution in [2.75, 3.05) is 0 Å². The minimum absolute atomic E-state index is 0.205. The van der Waals surface area contributed by atoms with Crippen LogP contribution in [-0.4, -0.2) is 11.8 Å². The van der Waals surface area contributed by atoms with Crippen molar-refractivity contribution in [3.05, 3.63) is 69.7 Å². The summed E-state index contributed by atoms with van der Waals surface area (Å²) in [6.45, 7) is 2.01. The van der Waals surface area contributed by atoms with E-state index in [1.54, 1.807) is 6.07 Å². The molecule has 6 heteroatoms. The first-order valence-corrected chi connectivity index (χ1v) is 8.38. The van der Waals surface area contributed by atoms with Gasteiger partial charge < -0.3 is 0 Å². The molecule has 0 saturated heterocycles. The Balaban J connectivity index is 2.05. The van der Waals surface area contributed by atoms with E-state index in [1.165, 1.54) is 12.1 Å². The van der Waals surface area contributed by atoms with Gasteiger partial charge in [-0.3, -0.25) is 20.4 Å². The normalized spacial score (nSPS) is 11.6. The van der Waals surface area contributed by atoms with Gasteiger partial charge in [0.25, 0.3) is 5.91 Å². The van der Waals surface area contributed by atoms with E-state index in [4.69, 9.17) is 23.2 Å². The molecule has 0 aromatic heterocycles. The van der Waals surface area contributed by atoms with E-state index in [-0.39, 0.29) is 22.4 Å². The Morgan fingerprint density at radius 2 is 1.75 bits per heavy atom. The van der Waals surface area contributed by atoms with Crippen LogP contribution in [-0.2, 0) is 4.79 Å². The van der Waals surface area contributed by atoms with Crippen molar-refractivity contribution in [3.63, 3.8) is 0 Å². The van der Waals surface area contributed by atoms with Gasteiger partial charge in [0.05, 0.1) is 16.5 Å². The van der Waals surface area contributed by atoms with Crippen LogP contribution in [0.15, 0.2) is 48.5 Å². The van der Waals surface area contributed by atoms with Crippen LogP contribution in [0.2, 0.25) is 10.0 Å². The molecule has 126 valence electrons. The Labute approximate surface area is 151 Å². The summed E-state index contributed by atoms with van der Waals surface area (Å²) in [5.74, 6) is -1.11. The Kier molecular flexibility index (Phi) is 6.64. The zero-order valence-corrected chi connectivity index (χ0v) is 14.7. The molecule has 0 heterocycles. The lowest BCUT2D eigenvalue weighted by Gasteiger charge is -2.17. The first-order valence-electron chi connectivity index (χ1n) is 7.63. The smallest absolute Gasteiger partial charge is 0.271 e. The third-order valence-corrected chi connectivity index (χ3v) is 4.13. The summed E-state index contributed by atoms with van der Waals surface area (Å²) in [4.78, 5) is 24.6. The molecule has 0 radical (unpaired) electrons. The summed E-state index contributed by atoms with van der Waals surface area (Å²) in [7, 11) is 0. The maximum atomic E-state index is 12.4. The Bertz CT molecular complexity index is 720. The summed E-state index contributed by atoms with van der Waals surface area (Å²) >= 11 is 11.9. The Hall–Kier alpha value is -2.04. The van der Waals surface area contributed by atoms with Crippen molar-refractivity contribution < 1.29 is 9.59 Å². The monoisotopic (exact) mass is 364 g/mol. The van der Waals surface area contributed by atoms with Crippen molar-refractivity contribution in [3.8, 4) is 0 Å². The molecular weight excluding hydrogens is 347 g/mol. The van der Waals surface area contributed by atoms with E-state index in [1.807, 2.05) is 37.3 Å². The number of carbonyl (C=O) groups excluding carboxylic acids is 2. The highest BCUT2D eigenvalue weighted by Gasteiger charge is 2.20. The van der Waals surface area contributed by atoms with Crippen LogP contribution in [0.1, 0.15) is 41.6 Å². The van der Waals surface area contributed by atoms with Gasteiger partial charge in [0, 0.05) is 5.02 Å². The maximum Gasteiger partial charge on any atom is 0.271 e. The van der Waals surface area contributed by atoms with Crippen LogP contribution in [0.4, 0.5) is 0 Å². The molecular formula is C18H18Cl2N2O2. The van der Waals surface area contributed by atoms with E-state index in [0.29, 0.717) is 11.4 Å². The first kappa shape index (κ1) is 18.3. The van der Waals surface area contributed by atoms with Gasteiger partial charge in [0.15, 0.2) is 0 Å². The van der Waals surface area contributed by atoms with Gasteiger partial charge in [-0.25, -0.2) is 0 Å². The van der Waals surface area contributed by atoms with Crippen LogP contribution in [0.25, 0.3) is 0 Å². The van der Waals surface area contributed by atoms with Gasteiger partial charge in [0.1, 0.15) is 0 Å². The van der Waals surface area contributed by atoms with E-state index < -0.39 is 5.91 Å². The molecule has 0 spiro atoms. The van der Waals surface area contributed by atoms with Gasteiger partial charge in [0.2, 0.25) is 5.91 Å². The number of halogens is 2. The molecule has 0 aliphatic carbocycles. The van der Waals surface area contributed by atoms with Crippen LogP contribution >= 0.6 is 23.2 Å². The fourth-order valence-electron chi connectivity index (χ4n) is 2.37. The second-order valence-corrected chi connectivity index (χ2v) is 6.16. The fraction of sp³-hybridized carbons (Fsp3) is 0.222. The number of carbonyl (C=O) groups is 2.